The van der Waals surface area contributed by atoms with Gasteiger partial charge < -0.3 is 5.11 Å². The van der Waals surface area contributed by atoms with Crippen molar-refractivity contribution in [3.05, 3.63) is 23.8 Å². The molecule has 5 rings (SSSR count). The highest BCUT2D eigenvalue weighted by atomic mass is 16.3. The van der Waals surface area contributed by atoms with Gasteiger partial charge in [0.05, 0.1) is 6.10 Å². The maximum atomic E-state index is 13.3. The Balaban J connectivity index is 1.61. The molecule has 0 bridgehead atoms. The lowest BCUT2D eigenvalue weighted by molar-refractivity contribution is -0.227. The molecule has 5 aliphatic rings. The number of carbonyl (C=O) groups is 1. The molecular weight excluding hydrogens is 404 g/mol. The molecule has 0 heterocycles. The van der Waals surface area contributed by atoms with Crippen molar-refractivity contribution in [3.63, 3.8) is 0 Å². The molecule has 2 heteroatoms. The lowest BCUT2D eigenvalue weighted by Gasteiger charge is -2.72. The van der Waals surface area contributed by atoms with E-state index in [-0.39, 0.29) is 27.8 Å². The van der Waals surface area contributed by atoms with Crippen LogP contribution in [0.2, 0.25) is 0 Å². The summed E-state index contributed by atoms with van der Waals surface area (Å²) >= 11 is 0. The predicted octanol–water partition coefficient (Wildman–Crippen LogP) is 7.51. The topological polar surface area (TPSA) is 37.3 Å². The van der Waals surface area contributed by atoms with Crippen LogP contribution in [0.3, 0.4) is 0 Å². The summed E-state index contributed by atoms with van der Waals surface area (Å²) in [5, 5.41) is 10.9. The first-order valence-corrected chi connectivity index (χ1v) is 13.9. The van der Waals surface area contributed by atoms with Crippen LogP contribution in [0.5, 0.6) is 0 Å². The molecule has 0 spiro atoms. The molecule has 0 aromatic carbocycles. The van der Waals surface area contributed by atoms with E-state index in [9.17, 15) is 9.90 Å². The third-order valence-corrected chi connectivity index (χ3v) is 12.9. The fraction of sp³-hybridized carbons (Fsp3) is 0.839. The smallest absolute Gasteiger partial charge is 0.160 e. The minimum atomic E-state index is -0.169. The number of Topliss-reactive ketones (excluding diaryl/α,β-unsaturated/α-hetero) is 1. The number of aliphatic hydroxyl groups excluding tert-OH is 1. The van der Waals surface area contributed by atoms with Gasteiger partial charge in [0.2, 0.25) is 0 Å². The van der Waals surface area contributed by atoms with Crippen LogP contribution in [-0.4, -0.2) is 17.0 Å². The number of allylic oxidation sites excluding steroid dienone is 3. The average Bonchev–Trinajstić information content (AvgIpc) is 3.04. The van der Waals surface area contributed by atoms with Gasteiger partial charge in [-0.2, -0.15) is 0 Å². The maximum absolute atomic E-state index is 13.3. The first-order valence-electron chi connectivity index (χ1n) is 13.9. The van der Waals surface area contributed by atoms with Gasteiger partial charge in [-0.3, -0.25) is 4.79 Å². The molecular formula is C31H48O2. The fourth-order valence-corrected chi connectivity index (χ4v) is 10.9. The Kier molecular flexibility index (Phi) is 5.11. The molecule has 0 amide bonds. The van der Waals surface area contributed by atoms with E-state index < -0.39 is 0 Å². The van der Waals surface area contributed by atoms with Crippen molar-refractivity contribution < 1.29 is 9.90 Å². The van der Waals surface area contributed by atoms with Gasteiger partial charge in [-0.1, -0.05) is 54.5 Å². The monoisotopic (exact) mass is 452 g/mol. The van der Waals surface area contributed by atoms with Gasteiger partial charge in [-0.25, -0.2) is 0 Å². The molecule has 33 heavy (non-hydrogen) atoms. The lowest BCUT2D eigenvalue weighted by Crippen LogP contribution is -2.65. The van der Waals surface area contributed by atoms with Crippen LogP contribution >= 0.6 is 0 Å². The SMILES string of the molecule is C=C[C@@]12CC[C@]3(C)[C@H](CC[C@@H]4[C@@]5(C)CC[C@H](O)C(C)(C)[C@@H]5CC[C@]43C)C1=C(C(C)C)C(=O)C2. The molecule has 4 saturated carbocycles. The summed E-state index contributed by atoms with van der Waals surface area (Å²) < 4.78 is 0. The standard InChI is InChI=1S/C31H48O2/c1-9-31-17-16-29(7)20(26(31)25(19(2)3)21(32)18-31)10-11-23-28(6)14-13-24(33)27(4,5)22(28)12-15-30(23,29)8/h9,19-20,22-24,33H,1,10-18H2,2-8H3/t20-,22+,23-,24+,28+,29-,30-,31+/m1/s1. The van der Waals surface area contributed by atoms with Gasteiger partial charge in [0.25, 0.3) is 0 Å². The zero-order chi connectivity index (χ0) is 24.2. The van der Waals surface area contributed by atoms with E-state index in [1.807, 2.05) is 0 Å². The molecule has 5 aliphatic carbocycles. The van der Waals surface area contributed by atoms with Crippen molar-refractivity contribution in [2.45, 2.75) is 112 Å². The molecule has 4 fully saturated rings. The molecule has 0 radical (unpaired) electrons. The number of aliphatic hydroxyl groups is 1. The Morgan fingerprint density at radius 3 is 2.24 bits per heavy atom. The zero-order valence-electron chi connectivity index (χ0n) is 22.4. The predicted molar refractivity (Wildman–Crippen MR) is 136 cm³/mol. The number of hydrogen-bond donors (Lipinski definition) is 1. The number of rotatable bonds is 2. The largest absolute Gasteiger partial charge is 0.393 e. The highest BCUT2D eigenvalue weighted by Crippen LogP contribution is 2.76. The zero-order valence-corrected chi connectivity index (χ0v) is 22.4. The molecule has 0 aliphatic heterocycles. The van der Waals surface area contributed by atoms with Crippen molar-refractivity contribution >= 4 is 5.78 Å². The van der Waals surface area contributed by atoms with Gasteiger partial charge in [-0.05, 0) is 108 Å². The number of ketones is 1. The molecule has 1 N–H and O–H groups in total. The van der Waals surface area contributed by atoms with Gasteiger partial charge in [-0.15, -0.1) is 6.58 Å². The summed E-state index contributed by atoms with van der Waals surface area (Å²) in [6.07, 6.45) is 12.1. The summed E-state index contributed by atoms with van der Waals surface area (Å²) in [5.41, 5.74) is 3.42. The Hall–Kier alpha value is -0.890. The quantitative estimate of drug-likeness (QED) is 0.440. The molecule has 0 saturated heterocycles. The third-order valence-electron chi connectivity index (χ3n) is 12.9. The number of fused-ring (bicyclic) bond motifs is 7. The Labute approximate surface area is 202 Å². The second-order valence-electron chi connectivity index (χ2n) is 14.4. The highest BCUT2D eigenvalue weighted by molar-refractivity contribution is 6.01. The Bertz CT molecular complexity index is 910. The summed E-state index contributed by atoms with van der Waals surface area (Å²) in [6.45, 7) is 21.2. The highest BCUT2D eigenvalue weighted by Gasteiger charge is 2.69. The van der Waals surface area contributed by atoms with Crippen LogP contribution in [0, 0.1) is 50.7 Å². The second-order valence-corrected chi connectivity index (χ2v) is 14.4. The van der Waals surface area contributed by atoms with E-state index in [1.54, 1.807) is 0 Å². The molecule has 0 unspecified atom stereocenters. The van der Waals surface area contributed by atoms with E-state index in [1.165, 1.54) is 37.7 Å². The van der Waals surface area contributed by atoms with Crippen molar-refractivity contribution in [1.82, 2.24) is 0 Å². The van der Waals surface area contributed by atoms with Crippen molar-refractivity contribution in [2.24, 2.45) is 50.7 Å². The first kappa shape index (κ1) is 23.8. The Morgan fingerprint density at radius 1 is 0.909 bits per heavy atom. The van der Waals surface area contributed by atoms with Gasteiger partial charge >= 0.3 is 0 Å². The molecule has 8 atom stereocenters. The molecule has 0 aromatic heterocycles. The summed E-state index contributed by atoms with van der Waals surface area (Å²) in [4.78, 5) is 13.3. The van der Waals surface area contributed by atoms with E-state index >= 15 is 0 Å². The van der Waals surface area contributed by atoms with E-state index in [0.717, 1.165) is 24.8 Å². The minimum absolute atomic E-state index is 0.00184. The van der Waals surface area contributed by atoms with Crippen molar-refractivity contribution in [2.75, 3.05) is 0 Å². The molecule has 0 aromatic rings. The van der Waals surface area contributed by atoms with Crippen LogP contribution in [-0.2, 0) is 4.79 Å². The minimum Gasteiger partial charge on any atom is -0.393 e. The van der Waals surface area contributed by atoms with Crippen LogP contribution in [0.4, 0.5) is 0 Å². The number of carbonyl (C=O) groups excluding carboxylic acids is 1. The van der Waals surface area contributed by atoms with Gasteiger partial charge in [0, 0.05) is 11.8 Å². The Morgan fingerprint density at radius 2 is 1.61 bits per heavy atom. The summed E-state index contributed by atoms with van der Waals surface area (Å²) in [7, 11) is 0. The van der Waals surface area contributed by atoms with Gasteiger partial charge in [0.15, 0.2) is 5.78 Å². The fourth-order valence-electron chi connectivity index (χ4n) is 10.9. The lowest BCUT2D eigenvalue weighted by atomic mass is 9.33. The van der Waals surface area contributed by atoms with Crippen LogP contribution in [0.15, 0.2) is 23.8 Å². The molecule has 2 nitrogen and oxygen atoms in total. The third kappa shape index (κ3) is 2.74. The van der Waals surface area contributed by atoms with Gasteiger partial charge in [0.1, 0.15) is 0 Å². The van der Waals surface area contributed by atoms with E-state index in [4.69, 9.17) is 0 Å². The van der Waals surface area contributed by atoms with E-state index in [0.29, 0.717) is 41.3 Å². The van der Waals surface area contributed by atoms with Crippen LogP contribution < -0.4 is 0 Å². The number of hydrogen-bond acceptors (Lipinski definition) is 2. The second kappa shape index (κ2) is 7.08. The van der Waals surface area contributed by atoms with Crippen LogP contribution in [0.1, 0.15) is 106 Å². The average molecular weight is 453 g/mol. The van der Waals surface area contributed by atoms with Crippen molar-refractivity contribution in [3.8, 4) is 0 Å². The molecule has 184 valence electrons. The summed E-state index contributed by atoms with van der Waals surface area (Å²) in [5.74, 6) is 2.51. The summed E-state index contributed by atoms with van der Waals surface area (Å²) in [6, 6.07) is 0. The van der Waals surface area contributed by atoms with E-state index in [2.05, 4.69) is 61.1 Å². The first-order chi connectivity index (χ1) is 15.3. The maximum Gasteiger partial charge on any atom is 0.160 e. The van der Waals surface area contributed by atoms with Crippen molar-refractivity contribution in [1.29, 1.82) is 0 Å². The van der Waals surface area contributed by atoms with Crippen LogP contribution in [0.25, 0.3) is 0 Å². The normalized spacial score (nSPS) is 51.0.